The maximum Gasteiger partial charge on any atom is 0.121 e. The second kappa shape index (κ2) is 5.93. The Morgan fingerprint density at radius 2 is 1.81 bits per heavy atom. The van der Waals surface area contributed by atoms with Crippen molar-refractivity contribution < 1.29 is 9.84 Å². The fraction of sp³-hybridized carbons (Fsp3) is 0.250. The number of hydrazine groups is 2. The van der Waals surface area contributed by atoms with Gasteiger partial charge in [0.05, 0.1) is 23.7 Å². The average Bonchev–Trinajstić information content (AvgIpc) is 2.93. The highest BCUT2D eigenvalue weighted by Crippen LogP contribution is 2.32. The first kappa shape index (κ1) is 13.6. The van der Waals surface area contributed by atoms with Gasteiger partial charge >= 0.3 is 0 Å². The third kappa shape index (κ3) is 2.87. The first-order valence-electron chi connectivity index (χ1n) is 7.10. The molecular formula is C16H19N3O2. The Morgan fingerprint density at radius 1 is 1.10 bits per heavy atom. The number of nitrogens with zero attached hydrogens (tertiary/aromatic N) is 1. The van der Waals surface area contributed by atoms with Crippen molar-refractivity contribution >= 4 is 17.1 Å². The predicted octanol–water partition coefficient (Wildman–Crippen LogP) is 3.15. The number of ether oxygens (including phenoxy) is 1. The lowest BCUT2D eigenvalue weighted by Gasteiger charge is -2.19. The highest BCUT2D eigenvalue weighted by Gasteiger charge is 2.18. The minimum atomic E-state index is 0.284. The van der Waals surface area contributed by atoms with E-state index in [0.717, 1.165) is 22.6 Å². The fourth-order valence-electron chi connectivity index (χ4n) is 2.31. The fourth-order valence-corrected chi connectivity index (χ4v) is 2.31. The van der Waals surface area contributed by atoms with Gasteiger partial charge < -0.3 is 9.84 Å². The number of nitrogens with one attached hydrogen (secondary N) is 2. The molecule has 1 heterocycles. The van der Waals surface area contributed by atoms with Crippen LogP contribution < -0.4 is 16.0 Å². The van der Waals surface area contributed by atoms with Gasteiger partial charge in [-0.3, -0.25) is 10.9 Å². The molecule has 3 N–H and O–H groups in total. The van der Waals surface area contributed by atoms with E-state index in [4.69, 9.17) is 4.74 Å². The van der Waals surface area contributed by atoms with Gasteiger partial charge in [0, 0.05) is 12.7 Å². The van der Waals surface area contributed by atoms with Gasteiger partial charge in [-0.2, -0.15) is 5.12 Å². The van der Waals surface area contributed by atoms with E-state index >= 15 is 0 Å². The Kier molecular flexibility index (Phi) is 3.83. The highest BCUT2D eigenvalue weighted by atomic mass is 16.5. The Hall–Kier alpha value is -2.40. The number of benzene rings is 2. The van der Waals surface area contributed by atoms with Gasteiger partial charge in [-0.25, -0.2) is 0 Å². The molecule has 0 saturated carbocycles. The van der Waals surface area contributed by atoms with Crippen LogP contribution in [0.4, 0.5) is 17.1 Å². The van der Waals surface area contributed by atoms with E-state index in [1.807, 2.05) is 43.3 Å². The Balaban J connectivity index is 1.72. The number of para-hydroxylation sites is 2. The van der Waals surface area contributed by atoms with E-state index in [-0.39, 0.29) is 5.75 Å². The summed E-state index contributed by atoms with van der Waals surface area (Å²) >= 11 is 0. The maximum atomic E-state index is 10.1. The smallest absolute Gasteiger partial charge is 0.121 e. The van der Waals surface area contributed by atoms with Crippen LogP contribution in [0, 0.1) is 0 Å². The molecule has 0 radical (unpaired) electrons. The summed E-state index contributed by atoms with van der Waals surface area (Å²) in [4.78, 5) is 0. The van der Waals surface area contributed by atoms with Crippen molar-refractivity contribution in [1.82, 2.24) is 0 Å². The lowest BCUT2D eigenvalue weighted by molar-refractivity contribution is 0.150. The van der Waals surface area contributed by atoms with Gasteiger partial charge in [0.25, 0.3) is 0 Å². The van der Waals surface area contributed by atoms with Crippen LogP contribution in [0.3, 0.4) is 0 Å². The molecular weight excluding hydrogens is 266 g/mol. The highest BCUT2D eigenvalue weighted by molar-refractivity contribution is 5.79. The molecule has 0 atom stereocenters. The molecule has 0 aromatic heterocycles. The van der Waals surface area contributed by atoms with Crippen LogP contribution in [-0.2, 0) is 11.2 Å². The lowest BCUT2D eigenvalue weighted by Crippen LogP contribution is -2.29. The number of rotatable bonds is 5. The third-order valence-corrected chi connectivity index (χ3v) is 3.44. The first-order valence-corrected chi connectivity index (χ1v) is 7.10. The molecule has 21 heavy (non-hydrogen) atoms. The van der Waals surface area contributed by atoms with Crippen LogP contribution in [0.15, 0.2) is 42.5 Å². The monoisotopic (exact) mass is 285 g/mol. The third-order valence-electron chi connectivity index (χ3n) is 3.44. The Labute approximate surface area is 124 Å². The summed E-state index contributed by atoms with van der Waals surface area (Å²) in [5.41, 5.74) is 10.2. The van der Waals surface area contributed by atoms with E-state index in [1.165, 1.54) is 0 Å². The minimum absolute atomic E-state index is 0.284. The number of hydrogen-bond donors (Lipinski definition) is 3. The molecule has 1 aliphatic rings. The van der Waals surface area contributed by atoms with Crippen LogP contribution in [0.25, 0.3) is 0 Å². The van der Waals surface area contributed by atoms with Gasteiger partial charge in [-0.1, -0.05) is 18.2 Å². The number of anilines is 3. The minimum Gasteiger partial charge on any atom is -0.508 e. The molecule has 1 aliphatic heterocycles. The summed E-state index contributed by atoms with van der Waals surface area (Å²) in [6.45, 7) is 3.28. The SMILES string of the molecule is CCOCCc1ccc(N2Nc3ccccc3N2)cc1O. The van der Waals surface area contributed by atoms with Crippen molar-refractivity contribution in [2.75, 3.05) is 29.2 Å². The molecule has 0 saturated heterocycles. The van der Waals surface area contributed by atoms with Crippen molar-refractivity contribution in [1.29, 1.82) is 0 Å². The second-order valence-electron chi connectivity index (χ2n) is 4.86. The summed E-state index contributed by atoms with van der Waals surface area (Å²) in [6, 6.07) is 13.6. The normalized spacial score (nSPS) is 12.7. The Bertz CT molecular complexity index is 606. The van der Waals surface area contributed by atoms with Crippen LogP contribution in [0.5, 0.6) is 5.75 Å². The van der Waals surface area contributed by atoms with E-state index in [2.05, 4.69) is 10.9 Å². The quantitative estimate of drug-likeness (QED) is 0.737. The van der Waals surface area contributed by atoms with Crippen LogP contribution in [0.2, 0.25) is 0 Å². The molecule has 0 amide bonds. The number of hydrogen-bond acceptors (Lipinski definition) is 5. The predicted molar refractivity (Wildman–Crippen MR) is 84.5 cm³/mol. The van der Waals surface area contributed by atoms with Crippen molar-refractivity contribution in [2.45, 2.75) is 13.3 Å². The van der Waals surface area contributed by atoms with Gasteiger partial charge in [0.1, 0.15) is 5.75 Å². The van der Waals surface area contributed by atoms with Crippen molar-refractivity contribution in [2.24, 2.45) is 0 Å². The van der Waals surface area contributed by atoms with Crippen molar-refractivity contribution in [3.63, 3.8) is 0 Å². The van der Waals surface area contributed by atoms with E-state index < -0.39 is 0 Å². The maximum absolute atomic E-state index is 10.1. The molecule has 0 aliphatic carbocycles. The van der Waals surface area contributed by atoms with Crippen LogP contribution in [0.1, 0.15) is 12.5 Å². The molecule has 2 aromatic rings. The molecule has 110 valence electrons. The molecule has 0 unspecified atom stereocenters. The summed E-state index contributed by atoms with van der Waals surface area (Å²) in [6.07, 6.45) is 0.709. The molecule has 5 nitrogen and oxygen atoms in total. The summed E-state index contributed by atoms with van der Waals surface area (Å²) in [7, 11) is 0. The number of phenolic OH excluding ortho intramolecular Hbond substituents is 1. The second-order valence-corrected chi connectivity index (χ2v) is 4.86. The van der Waals surface area contributed by atoms with E-state index in [0.29, 0.717) is 19.6 Å². The topological polar surface area (TPSA) is 56.8 Å². The van der Waals surface area contributed by atoms with E-state index in [9.17, 15) is 5.11 Å². The molecule has 3 rings (SSSR count). The molecule has 5 heteroatoms. The number of phenols is 1. The zero-order chi connectivity index (χ0) is 14.7. The van der Waals surface area contributed by atoms with Crippen LogP contribution in [-0.4, -0.2) is 18.3 Å². The summed E-state index contributed by atoms with van der Waals surface area (Å²) < 4.78 is 5.32. The number of fused-ring (bicyclic) bond motifs is 1. The van der Waals surface area contributed by atoms with Crippen molar-refractivity contribution in [3.05, 3.63) is 48.0 Å². The van der Waals surface area contributed by atoms with Gasteiger partial charge in [-0.05, 0) is 37.1 Å². The lowest BCUT2D eigenvalue weighted by atomic mass is 10.1. The Morgan fingerprint density at radius 3 is 2.43 bits per heavy atom. The molecule has 0 bridgehead atoms. The molecule has 2 aromatic carbocycles. The molecule has 0 fully saturated rings. The summed E-state index contributed by atoms with van der Waals surface area (Å²) in [5.74, 6) is 0.284. The first-order chi connectivity index (χ1) is 10.3. The van der Waals surface area contributed by atoms with Crippen molar-refractivity contribution in [3.8, 4) is 5.75 Å². The standard InChI is InChI=1S/C16H19N3O2/c1-2-21-10-9-12-7-8-13(11-16(12)20)19-17-14-5-3-4-6-15(14)18-19/h3-8,11,17-18,20H,2,9-10H2,1H3. The largest absolute Gasteiger partial charge is 0.508 e. The zero-order valence-electron chi connectivity index (χ0n) is 12.0. The average molecular weight is 285 g/mol. The van der Waals surface area contributed by atoms with Crippen LogP contribution >= 0.6 is 0 Å². The summed E-state index contributed by atoms with van der Waals surface area (Å²) in [5, 5.41) is 11.9. The number of aromatic hydroxyl groups is 1. The van der Waals surface area contributed by atoms with Gasteiger partial charge in [0.15, 0.2) is 0 Å². The zero-order valence-corrected chi connectivity index (χ0v) is 12.0. The van der Waals surface area contributed by atoms with Gasteiger partial charge in [0.2, 0.25) is 0 Å². The molecule has 0 spiro atoms. The van der Waals surface area contributed by atoms with E-state index in [1.54, 1.807) is 11.2 Å². The van der Waals surface area contributed by atoms with Gasteiger partial charge in [-0.15, -0.1) is 0 Å².